The summed E-state index contributed by atoms with van der Waals surface area (Å²) in [5.41, 5.74) is 3.97. The molecule has 0 spiro atoms. The fourth-order valence-corrected chi connectivity index (χ4v) is 5.43. The average Bonchev–Trinajstić information content (AvgIpc) is 3.35. The lowest BCUT2D eigenvalue weighted by Crippen LogP contribution is -2.41. The number of halogens is 2. The summed E-state index contributed by atoms with van der Waals surface area (Å²) in [6, 6.07) is 11.5. The highest BCUT2D eigenvalue weighted by Gasteiger charge is 2.34. The summed E-state index contributed by atoms with van der Waals surface area (Å²) in [7, 11) is 0. The number of hydrogen-bond acceptors (Lipinski definition) is 4. The number of nitrogens with zero attached hydrogens (tertiary/aromatic N) is 2. The number of benzene rings is 2. The van der Waals surface area contributed by atoms with Gasteiger partial charge in [-0.25, -0.2) is 4.98 Å². The van der Waals surface area contributed by atoms with Crippen LogP contribution in [0.15, 0.2) is 36.4 Å². The minimum atomic E-state index is -0.304. The van der Waals surface area contributed by atoms with Crippen LogP contribution in [0.2, 0.25) is 10.0 Å². The summed E-state index contributed by atoms with van der Waals surface area (Å²) in [5, 5.41) is 6.25. The van der Waals surface area contributed by atoms with Gasteiger partial charge in [-0.15, -0.1) is 0 Å². The van der Waals surface area contributed by atoms with Crippen molar-refractivity contribution in [3.8, 4) is 0 Å². The van der Waals surface area contributed by atoms with Gasteiger partial charge in [-0.1, -0.05) is 48.4 Å². The third-order valence-corrected chi connectivity index (χ3v) is 6.81. The molecule has 5 nitrogen and oxygen atoms in total. The normalized spacial score (nSPS) is 15.5. The number of H-pyrrole nitrogens is 1. The molecular weight excluding hydrogens is 451 g/mol. The Balaban J connectivity index is 0.00000112. The number of carbonyl (C=O) groups is 1. The standard InChI is InChI=1S/C21H18Cl2N4OS.C2H6/c1-2-24-20(28)14-9-27(21-26-16-6-4-12(23)8-18(16)29-21)10-17-19(14)13-7-11(22)3-5-15(13)25-17;1-2/h3-8,14,25H,2,9-10H2,1H3,(H,24,28);1-2H3. The highest BCUT2D eigenvalue weighted by molar-refractivity contribution is 7.22. The summed E-state index contributed by atoms with van der Waals surface area (Å²) in [6.07, 6.45) is 0. The fraction of sp³-hybridized carbons (Fsp3) is 0.304. The maximum absolute atomic E-state index is 13.0. The number of carbonyl (C=O) groups excluding carboxylic acids is 1. The number of amides is 1. The first-order chi connectivity index (χ1) is 15.0. The van der Waals surface area contributed by atoms with E-state index in [-0.39, 0.29) is 11.8 Å². The molecule has 31 heavy (non-hydrogen) atoms. The van der Waals surface area contributed by atoms with Crippen LogP contribution in [-0.4, -0.2) is 29.0 Å². The molecule has 2 aromatic heterocycles. The van der Waals surface area contributed by atoms with Crippen molar-refractivity contribution in [3.05, 3.63) is 57.7 Å². The first kappa shape index (κ1) is 21.9. The molecule has 3 heterocycles. The van der Waals surface area contributed by atoms with E-state index in [0.29, 0.717) is 29.7 Å². The largest absolute Gasteiger partial charge is 0.357 e. The Labute approximate surface area is 195 Å². The lowest BCUT2D eigenvalue weighted by atomic mass is 9.91. The van der Waals surface area contributed by atoms with E-state index < -0.39 is 0 Å². The monoisotopic (exact) mass is 474 g/mol. The van der Waals surface area contributed by atoms with Gasteiger partial charge in [0.2, 0.25) is 5.91 Å². The number of aromatic nitrogens is 2. The predicted octanol–water partition coefficient (Wildman–Crippen LogP) is 6.35. The van der Waals surface area contributed by atoms with Gasteiger partial charge in [-0.2, -0.15) is 0 Å². The number of hydrogen-bond donors (Lipinski definition) is 2. The van der Waals surface area contributed by atoms with E-state index in [1.165, 1.54) is 0 Å². The van der Waals surface area contributed by atoms with Gasteiger partial charge < -0.3 is 15.2 Å². The van der Waals surface area contributed by atoms with Crippen molar-refractivity contribution in [1.82, 2.24) is 15.3 Å². The molecule has 4 aromatic rings. The van der Waals surface area contributed by atoms with Gasteiger partial charge in [0.25, 0.3) is 0 Å². The van der Waals surface area contributed by atoms with E-state index in [9.17, 15) is 4.79 Å². The molecule has 2 N–H and O–H groups in total. The highest BCUT2D eigenvalue weighted by atomic mass is 35.5. The average molecular weight is 475 g/mol. The molecule has 2 aromatic carbocycles. The number of rotatable bonds is 3. The molecule has 0 radical (unpaired) electrons. The van der Waals surface area contributed by atoms with Crippen LogP contribution < -0.4 is 10.2 Å². The van der Waals surface area contributed by atoms with Crippen LogP contribution in [0, 0.1) is 0 Å². The highest BCUT2D eigenvalue weighted by Crippen LogP contribution is 2.39. The van der Waals surface area contributed by atoms with Crippen LogP contribution in [0.4, 0.5) is 5.13 Å². The smallest absolute Gasteiger partial charge is 0.229 e. The van der Waals surface area contributed by atoms with Gasteiger partial charge >= 0.3 is 0 Å². The van der Waals surface area contributed by atoms with E-state index in [0.717, 1.165) is 37.5 Å². The number of fused-ring (bicyclic) bond motifs is 4. The van der Waals surface area contributed by atoms with Gasteiger partial charge in [-0.3, -0.25) is 4.79 Å². The van der Waals surface area contributed by atoms with Crippen molar-refractivity contribution < 1.29 is 4.79 Å². The lowest BCUT2D eigenvalue weighted by Gasteiger charge is -2.32. The third kappa shape index (κ3) is 4.12. The second-order valence-corrected chi connectivity index (χ2v) is 9.03. The van der Waals surface area contributed by atoms with E-state index in [4.69, 9.17) is 28.2 Å². The Morgan fingerprint density at radius 2 is 1.97 bits per heavy atom. The van der Waals surface area contributed by atoms with Crippen molar-refractivity contribution >= 4 is 66.7 Å². The van der Waals surface area contributed by atoms with Crippen LogP contribution in [0.25, 0.3) is 21.1 Å². The minimum Gasteiger partial charge on any atom is -0.357 e. The maximum atomic E-state index is 13.0. The quantitative estimate of drug-likeness (QED) is 0.363. The van der Waals surface area contributed by atoms with Crippen LogP contribution in [0.5, 0.6) is 0 Å². The van der Waals surface area contributed by atoms with Gasteiger partial charge in [0.1, 0.15) is 0 Å². The van der Waals surface area contributed by atoms with Crippen molar-refractivity contribution in [1.29, 1.82) is 0 Å². The summed E-state index contributed by atoms with van der Waals surface area (Å²) < 4.78 is 1.04. The number of anilines is 1. The zero-order valence-electron chi connectivity index (χ0n) is 17.6. The second kappa shape index (κ2) is 9.07. The van der Waals surface area contributed by atoms with Crippen LogP contribution >= 0.6 is 34.5 Å². The van der Waals surface area contributed by atoms with Crippen LogP contribution in [-0.2, 0) is 11.3 Å². The third-order valence-electron chi connectivity index (χ3n) is 5.26. The molecule has 0 aliphatic carbocycles. The molecule has 8 heteroatoms. The molecule has 5 rings (SSSR count). The lowest BCUT2D eigenvalue weighted by molar-refractivity contribution is -0.122. The first-order valence-electron chi connectivity index (χ1n) is 10.4. The zero-order valence-corrected chi connectivity index (χ0v) is 20.0. The summed E-state index contributed by atoms with van der Waals surface area (Å²) in [5.74, 6) is -0.287. The summed E-state index contributed by atoms with van der Waals surface area (Å²) in [4.78, 5) is 23.4. The number of aromatic amines is 1. The Bertz CT molecular complexity index is 1250. The second-order valence-electron chi connectivity index (χ2n) is 7.14. The minimum absolute atomic E-state index is 0.0171. The molecule has 1 unspecified atom stereocenters. The summed E-state index contributed by atoms with van der Waals surface area (Å²) in [6.45, 7) is 7.74. The molecule has 0 saturated heterocycles. The molecule has 1 amide bonds. The maximum Gasteiger partial charge on any atom is 0.229 e. The number of nitrogens with one attached hydrogen (secondary N) is 2. The molecule has 162 valence electrons. The predicted molar refractivity (Wildman–Crippen MR) is 132 cm³/mol. The number of likely N-dealkylation sites (N-methyl/N-ethyl adjacent to an activating group) is 1. The Kier molecular flexibility index (Phi) is 6.42. The van der Waals surface area contributed by atoms with Crippen molar-refractivity contribution in [3.63, 3.8) is 0 Å². The SMILES string of the molecule is CC.CCNC(=O)C1CN(c2nc3ccc(Cl)cc3s2)Cc2[nH]c3ccc(Cl)cc3c21. The molecule has 0 bridgehead atoms. The topological polar surface area (TPSA) is 61.0 Å². The molecular formula is C23H24Cl2N4OS. The van der Waals surface area contributed by atoms with Gasteiger partial charge in [-0.05, 0) is 48.9 Å². The molecule has 0 fully saturated rings. The Morgan fingerprint density at radius 3 is 2.74 bits per heavy atom. The fourth-order valence-electron chi connectivity index (χ4n) is 4.01. The molecule has 1 aliphatic heterocycles. The van der Waals surface area contributed by atoms with Crippen LogP contribution in [0.1, 0.15) is 37.9 Å². The van der Waals surface area contributed by atoms with E-state index in [1.807, 2.05) is 57.2 Å². The van der Waals surface area contributed by atoms with Crippen LogP contribution in [0.3, 0.4) is 0 Å². The van der Waals surface area contributed by atoms with Crippen molar-refractivity contribution in [2.45, 2.75) is 33.2 Å². The van der Waals surface area contributed by atoms with Gasteiger partial charge in [0.15, 0.2) is 5.13 Å². The molecule has 1 atom stereocenters. The summed E-state index contributed by atoms with van der Waals surface area (Å²) >= 11 is 14.0. The first-order valence-corrected chi connectivity index (χ1v) is 12.0. The number of thiazole rings is 1. The van der Waals surface area contributed by atoms with Crippen molar-refractivity contribution in [2.24, 2.45) is 0 Å². The Morgan fingerprint density at radius 1 is 1.23 bits per heavy atom. The van der Waals surface area contributed by atoms with E-state index in [1.54, 1.807) is 11.3 Å². The molecule has 1 aliphatic rings. The van der Waals surface area contributed by atoms with Crippen molar-refractivity contribution in [2.75, 3.05) is 18.0 Å². The zero-order chi connectivity index (χ0) is 22.1. The molecule has 0 saturated carbocycles. The van der Waals surface area contributed by atoms with E-state index >= 15 is 0 Å². The Hall–Kier alpha value is -2.28. The van der Waals surface area contributed by atoms with Gasteiger partial charge in [0, 0.05) is 39.7 Å². The van der Waals surface area contributed by atoms with E-state index in [2.05, 4.69) is 15.2 Å². The van der Waals surface area contributed by atoms with Gasteiger partial charge in [0.05, 0.1) is 22.7 Å².